The van der Waals surface area contributed by atoms with Crippen molar-refractivity contribution in [1.82, 2.24) is 0 Å². The summed E-state index contributed by atoms with van der Waals surface area (Å²) in [7, 11) is 0. The van der Waals surface area contributed by atoms with E-state index >= 15 is 0 Å². The van der Waals surface area contributed by atoms with Gasteiger partial charge < -0.3 is 14.6 Å². The third kappa shape index (κ3) is 6.55. The minimum absolute atomic E-state index is 0.0443. The Labute approximate surface area is 136 Å². The zero-order valence-corrected chi connectivity index (χ0v) is 14.5. The fraction of sp³-hybridized carbons (Fsp3) is 0.444. The first-order valence-electron chi connectivity index (χ1n) is 7.35. The van der Waals surface area contributed by atoms with Gasteiger partial charge in [0.2, 0.25) is 0 Å². The molecule has 1 aromatic rings. The molecule has 0 radical (unpaired) electrons. The summed E-state index contributed by atoms with van der Waals surface area (Å²) in [6, 6.07) is 6.39. The van der Waals surface area contributed by atoms with Crippen LogP contribution in [0.5, 0.6) is 5.75 Å². The highest BCUT2D eigenvalue weighted by Crippen LogP contribution is 2.22. The highest BCUT2D eigenvalue weighted by Gasteiger charge is 2.29. The monoisotopic (exact) mass is 320 g/mol. The Bertz CT molecular complexity index is 585. The van der Waals surface area contributed by atoms with Gasteiger partial charge in [-0.2, -0.15) is 0 Å². The minimum Gasteiger partial charge on any atom is -0.507 e. The lowest BCUT2D eigenvalue weighted by atomic mass is 10.1. The minimum atomic E-state index is -0.796. The third-order valence-corrected chi connectivity index (χ3v) is 2.47. The van der Waals surface area contributed by atoms with Gasteiger partial charge in [0, 0.05) is 5.56 Å². The molecule has 5 heteroatoms. The first-order valence-corrected chi connectivity index (χ1v) is 7.35. The summed E-state index contributed by atoms with van der Waals surface area (Å²) in [6.07, 6.45) is 1.28. The zero-order valence-electron chi connectivity index (χ0n) is 14.5. The highest BCUT2D eigenvalue weighted by molar-refractivity contribution is 6.18. The van der Waals surface area contributed by atoms with Gasteiger partial charge in [0.25, 0.3) is 0 Å². The van der Waals surface area contributed by atoms with E-state index in [0.29, 0.717) is 5.56 Å². The molecule has 0 heterocycles. The number of phenols is 1. The van der Waals surface area contributed by atoms with Crippen molar-refractivity contribution in [3.63, 3.8) is 0 Å². The second kappa shape index (κ2) is 6.86. The molecule has 0 saturated heterocycles. The van der Waals surface area contributed by atoms with Gasteiger partial charge in [-0.15, -0.1) is 0 Å². The van der Waals surface area contributed by atoms with Gasteiger partial charge in [0.1, 0.15) is 22.5 Å². The molecule has 1 rings (SSSR count). The molecular formula is C18H24O5. The van der Waals surface area contributed by atoms with Crippen LogP contribution in [0.1, 0.15) is 47.1 Å². The Hall–Kier alpha value is -2.30. The van der Waals surface area contributed by atoms with Crippen molar-refractivity contribution in [2.75, 3.05) is 0 Å². The van der Waals surface area contributed by atoms with E-state index in [0.717, 1.165) is 0 Å². The quantitative estimate of drug-likeness (QED) is 0.399. The predicted octanol–water partition coefficient (Wildman–Crippen LogP) is 3.46. The maximum atomic E-state index is 12.3. The summed E-state index contributed by atoms with van der Waals surface area (Å²) in [6.45, 7) is 10.2. The topological polar surface area (TPSA) is 72.8 Å². The van der Waals surface area contributed by atoms with Crippen LogP contribution >= 0.6 is 0 Å². The summed E-state index contributed by atoms with van der Waals surface area (Å²) in [4.78, 5) is 24.7. The number of hydrogen-bond donors (Lipinski definition) is 1. The van der Waals surface area contributed by atoms with Crippen LogP contribution < -0.4 is 0 Å². The molecule has 0 unspecified atom stereocenters. The Balaban J connectivity index is 3.24. The van der Waals surface area contributed by atoms with Gasteiger partial charge in [0.15, 0.2) is 0 Å². The van der Waals surface area contributed by atoms with Gasteiger partial charge in [-0.25, -0.2) is 9.59 Å². The maximum absolute atomic E-state index is 12.3. The standard InChI is InChI=1S/C18H24O5/c1-17(2,3)22-15(20)13(16(21)23-18(4,5)6)11-12-9-7-8-10-14(12)19/h7-11,19H,1-6H3. The lowest BCUT2D eigenvalue weighted by Crippen LogP contribution is -2.31. The van der Waals surface area contributed by atoms with E-state index in [1.165, 1.54) is 12.1 Å². The Morgan fingerprint density at radius 3 is 1.74 bits per heavy atom. The van der Waals surface area contributed by atoms with Gasteiger partial charge in [-0.1, -0.05) is 18.2 Å². The third-order valence-electron chi connectivity index (χ3n) is 2.47. The van der Waals surface area contributed by atoms with E-state index in [1.54, 1.807) is 59.7 Å². The largest absolute Gasteiger partial charge is 0.507 e. The van der Waals surface area contributed by atoms with E-state index in [1.807, 2.05) is 0 Å². The smallest absolute Gasteiger partial charge is 0.346 e. The van der Waals surface area contributed by atoms with Crippen LogP contribution in [-0.2, 0) is 19.1 Å². The van der Waals surface area contributed by atoms with Crippen molar-refractivity contribution in [1.29, 1.82) is 0 Å². The van der Waals surface area contributed by atoms with Crippen molar-refractivity contribution in [2.24, 2.45) is 0 Å². The number of benzene rings is 1. The van der Waals surface area contributed by atoms with E-state index in [4.69, 9.17) is 9.47 Å². The van der Waals surface area contributed by atoms with Crippen LogP contribution in [-0.4, -0.2) is 28.2 Å². The molecule has 1 N–H and O–H groups in total. The lowest BCUT2D eigenvalue weighted by molar-refractivity contribution is -0.158. The SMILES string of the molecule is CC(C)(C)OC(=O)C(=Cc1ccccc1O)C(=O)OC(C)(C)C. The van der Waals surface area contributed by atoms with Crippen molar-refractivity contribution < 1.29 is 24.2 Å². The molecule has 5 nitrogen and oxygen atoms in total. The molecule has 23 heavy (non-hydrogen) atoms. The molecule has 0 saturated carbocycles. The molecule has 0 atom stereocenters. The number of hydrogen-bond acceptors (Lipinski definition) is 5. The molecule has 0 spiro atoms. The summed E-state index contributed by atoms with van der Waals surface area (Å²) in [5.41, 5.74) is -1.44. The number of aromatic hydroxyl groups is 1. The lowest BCUT2D eigenvalue weighted by Gasteiger charge is -2.23. The molecule has 0 bridgehead atoms. The van der Waals surface area contributed by atoms with Crippen LogP contribution in [0, 0.1) is 0 Å². The summed E-state index contributed by atoms with van der Waals surface area (Å²) in [5.74, 6) is -1.64. The number of esters is 2. The highest BCUT2D eigenvalue weighted by atomic mass is 16.6. The summed E-state index contributed by atoms with van der Waals surface area (Å²) < 4.78 is 10.5. The molecule has 126 valence electrons. The van der Waals surface area contributed by atoms with Crippen LogP contribution in [0.2, 0.25) is 0 Å². The van der Waals surface area contributed by atoms with Gasteiger partial charge in [0.05, 0.1) is 0 Å². The molecule has 0 aromatic heterocycles. The van der Waals surface area contributed by atoms with Crippen LogP contribution in [0.15, 0.2) is 29.8 Å². The first-order chi connectivity index (χ1) is 10.4. The number of phenolic OH excluding ortho intramolecular Hbond substituents is 1. The maximum Gasteiger partial charge on any atom is 0.346 e. The number of ether oxygens (including phenoxy) is 2. The van der Waals surface area contributed by atoms with Gasteiger partial charge >= 0.3 is 11.9 Å². The molecule has 0 aliphatic rings. The number of para-hydroxylation sites is 1. The Morgan fingerprint density at radius 1 is 0.913 bits per heavy atom. The van der Waals surface area contributed by atoms with E-state index in [2.05, 4.69) is 0 Å². The van der Waals surface area contributed by atoms with Crippen molar-refractivity contribution in [3.8, 4) is 5.75 Å². The summed E-state index contributed by atoms with van der Waals surface area (Å²) >= 11 is 0. The average molecular weight is 320 g/mol. The fourth-order valence-electron chi connectivity index (χ4n) is 1.63. The molecule has 0 fully saturated rings. The number of carbonyl (C=O) groups is 2. The fourth-order valence-corrected chi connectivity index (χ4v) is 1.63. The molecule has 0 aliphatic heterocycles. The number of carbonyl (C=O) groups excluding carboxylic acids is 2. The van der Waals surface area contributed by atoms with Crippen molar-refractivity contribution in [3.05, 3.63) is 35.4 Å². The zero-order chi connectivity index (χ0) is 17.8. The molecule has 1 aromatic carbocycles. The van der Waals surface area contributed by atoms with E-state index < -0.39 is 23.1 Å². The Morgan fingerprint density at radius 2 is 1.35 bits per heavy atom. The van der Waals surface area contributed by atoms with Crippen LogP contribution in [0.4, 0.5) is 0 Å². The molecule has 0 aliphatic carbocycles. The van der Waals surface area contributed by atoms with Crippen molar-refractivity contribution >= 4 is 18.0 Å². The van der Waals surface area contributed by atoms with Crippen LogP contribution in [0.25, 0.3) is 6.08 Å². The first kappa shape index (κ1) is 18.7. The van der Waals surface area contributed by atoms with Gasteiger partial charge in [-0.05, 0) is 53.7 Å². The Kier molecular flexibility index (Phi) is 5.59. The van der Waals surface area contributed by atoms with Crippen molar-refractivity contribution in [2.45, 2.75) is 52.7 Å². The average Bonchev–Trinajstić information content (AvgIpc) is 2.33. The second-order valence-corrected chi connectivity index (χ2v) is 7.12. The van der Waals surface area contributed by atoms with E-state index in [-0.39, 0.29) is 11.3 Å². The van der Waals surface area contributed by atoms with Crippen LogP contribution in [0.3, 0.4) is 0 Å². The van der Waals surface area contributed by atoms with Gasteiger partial charge in [-0.3, -0.25) is 0 Å². The molecule has 0 amide bonds. The normalized spacial score (nSPS) is 11.6. The summed E-state index contributed by atoms with van der Waals surface area (Å²) in [5, 5.41) is 9.84. The second-order valence-electron chi connectivity index (χ2n) is 7.12. The molecular weight excluding hydrogens is 296 g/mol. The number of rotatable bonds is 3. The predicted molar refractivity (Wildman–Crippen MR) is 87.8 cm³/mol. The van der Waals surface area contributed by atoms with E-state index in [9.17, 15) is 14.7 Å².